The molecule has 4 rings (SSSR count). The molecular formula is C24H31N5OS. The van der Waals surface area contributed by atoms with Gasteiger partial charge in [-0.3, -0.25) is 4.79 Å². The van der Waals surface area contributed by atoms with Gasteiger partial charge in [0.2, 0.25) is 11.1 Å². The SMILES string of the molecule is Cc1nc2nc(SCC(=O)NC3C[C@@H](C)C[C@@H](C)C3)nn2c(C)c1Cc1ccccc1. The summed E-state index contributed by atoms with van der Waals surface area (Å²) in [4.78, 5) is 21.7. The number of aromatic nitrogens is 4. The molecule has 1 aliphatic rings. The Morgan fingerprint density at radius 1 is 1.10 bits per heavy atom. The first kappa shape index (κ1) is 21.8. The first-order valence-electron chi connectivity index (χ1n) is 11.1. The summed E-state index contributed by atoms with van der Waals surface area (Å²) >= 11 is 1.37. The van der Waals surface area contributed by atoms with Crippen LogP contribution in [0.1, 0.15) is 55.6 Å². The molecule has 0 spiro atoms. The first-order valence-corrected chi connectivity index (χ1v) is 12.1. The van der Waals surface area contributed by atoms with Gasteiger partial charge in [0, 0.05) is 23.9 Å². The summed E-state index contributed by atoms with van der Waals surface area (Å²) in [5, 5.41) is 8.42. The summed E-state index contributed by atoms with van der Waals surface area (Å²) in [7, 11) is 0. The van der Waals surface area contributed by atoms with E-state index in [9.17, 15) is 4.79 Å². The second-order valence-corrected chi connectivity index (χ2v) is 9.94. The molecule has 3 atom stereocenters. The topological polar surface area (TPSA) is 72.2 Å². The number of hydrogen-bond donors (Lipinski definition) is 1. The monoisotopic (exact) mass is 437 g/mol. The Labute approximate surface area is 188 Å². The third-order valence-electron chi connectivity index (χ3n) is 6.13. The van der Waals surface area contributed by atoms with Crippen LogP contribution in [0.25, 0.3) is 5.78 Å². The van der Waals surface area contributed by atoms with E-state index in [4.69, 9.17) is 0 Å². The molecular weight excluding hydrogens is 406 g/mol. The molecule has 1 amide bonds. The molecule has 7 heteroatoms. The van der Waals surface area contributed by atoms with E-state index in [0.29, 0.717) is 28.5 Å². The van der Waals surface area contributed by atoms with Crippen molar-refractivity contribution < 1.29 is 4.79 Å². The van der Waals surface area contributed by atoms with Gasteiger partial charge in [0.25, 0.3) is 5.78 Å². The van der Waals surface area contributed by atoms with Crippen molar-refractivity contribution in [3.05, 3.63) is 52.8 Å². The van der Waals surface area contributed by atoms with Gasteiger partial charge in [-0.25, -0.2) is 9.50 Å². The summed E-state index contributed by atoms with van der Waals surface area (Å²) < 4.78 is 1.80. The van der Waals surface area contributed by atoms with Crippen molar-refractivity contribution in [2.45, 2.75) is 64.6 Å². The van der Waals surface area contributed by atoms with Crippen LogP contribution in [-0.4, -0.2) is 37.3 Å². The van der Waals surface area contributed by atoms with Crippen LogP contribution in [0.4, 0.5) is 0 Å². The maximum atomic E-state index is 12.5. The van der Waals surface area contributed by atoms with Gasteiger partial charge in [0.05, 0.1) is 5.75 Å². The van der Waals surface area contributed by atoms with Gasteiger partial charge in [0.15, 0.2) is 0 Å². The number of aryl methyl sites for hydroxylation is 2. The normalized spacial score (nSPS) is 21.4. The van der Waals surface area contributed by atoms with Crippen LogP contribution in [0.3, 0.4) is 0 Å². The van der Waals surface area contributed by atoms with E-state index in [2.05, 4.69) is 65.4 Å². The fraction of sp³-hybridized carbons (Fsp3) is 0.500. The molecule has 0 aliphatic heterocycles. The molecule has 6 nitrogen and oxygen atoms in total. The van der Waals surface area contributed by atoms with Crippen LogP contribution in [0.5, 0.6) is 0 Å². The predicted octanol–water partition coefficient (Wildman–Crippen LogP) is 4.36. The maximum Gasteiger partial charge on any atom is 0.253 e. The number of thioether (sulfide) groups is 1. The highest BCUT2D eigenvalue weighted by Crippen LogP contribution is 2.28. The number of nitrogens with one attached hydrogen (secondary N) is 1. The molecule has 1 fully saturated rings. The van der Waals surface area contributed by atoms with Crippen molar-refractivity contribution in [2.75, 3.05) is 5.75 Å². The smallest absolute Gasteiger partial charge is 0.253 e. The zero-order valence-electron chi connectivity index (χ0n) is 18.8. The molecule has 2 aromatic heterocycles. The molecule has 0 bridgehead atoms. The lowest BCUT2D eigenvalue weighted by Gasteiger charge is -2.31. The molecule has 0 radical (unpaired) electrons. The number of carbonyl (C=O) groups is 1. The highest BCUT2D eigenvalue weighted by Gasteiger charge is 2.25. The fourth-order valence-corrected chi connectivity index (χ4v) is 5.40. The molecule has 2 heterocycles. The maximum absolute atomic E-state index is 12.5. The van der Waals surface area contributed by atoms with E-state index in [1.807, 2.05) is 13.0 Å². The molecule has 31 heavy (non-hydrogen) atoms. The average Bonchev–Trinajstić information content (AvgIpc) is 3.12. The zero-order valence-corrected chi connectivity index (χ0v) is 19.6. The first-order chi connectivity index (χ1) is 14.9. The Morgan fingerprint density at radius 3 is 2.52 bits per heavy atom. The molecule has 3 aromatic rings. The third-order valence-corrected chi connectivity index (χ3v) is 6.97. The van der Waals surface area contributed by atoms with Crippen LogP contribution < -0.4 is 5.32 Å². The van der Waals surface area contributed by atoms with E-state index in [0.717, 1.165) is 30.7 Å². The molecule has 1 aliphatic carbocycles. The highest BCUT2D eigenvalue weighted by molar-refractivity contribution is 7.99. The van der Waals surface area contributed by atoms with Gasteiger partial charge < -0.3 is 5.32 Å². The van der Waals surface area contributed by atoms with Crippen molar-refractivity contribution in [3.63, 3.8) is 0 Å². The van der Waals surface area contributed by atoms with Crippen molar-refractivity contribution >= 4 is 23.4 Å². The predicted molar refractivity (Wildman–Crippen MR) is 124 cm³/mol. The zero-order chi connectivity index (χ0) is 22.0. The number of nitrogens with zero attached hydrogens (tertiary/aromatic N) is 4. The summed E-state index contributed by atoms with van der Waals surface area (Å²) in [6.07, 6.45) is 4.20. The minimum Gasteiger partial charge on any atom is -0.353 e. The summed E-state index contributed by atoms with van der Waals surface area (Å²) in [5.41, 5.74) is 4.42. The van der Waals surface area contributed by atoms with Gasteiger partial charge in [0.1, 0.15) is 0 Å². The lowest BCUT2D eigenvalue weighted by atomic mass is 9.80. The van der Waals surface area contributed by atoms with E-state index in [1.165, 1.54) is 29.3 Å². The molecule has 1 N–H and O–H groups in total. The molecule has 1 aromatic carbocycles. The van der Waals surface area contributed by atoms with Gasteiger partial charge in [-0.2, -0.15) is 4.98 Å². The van der Waals surface area contributed by atoms with Crippen molar-refractivity contribution in [3.8, 4) is 0 Å². The van der Waals surface area contributed by atoms with Crippen molar-refractivity contribution in [1.82, 2.24) is 24.9 Å². The van der Waals surface area contributed by atoms with Crippen LogP contribution in [0, 0.1) is 25.7 Å². The van der Waals surface area contributed by atoms with Crippen molar-refractivity contribution in [2.24, 2.45) is 11.8 Å². The minimum atomic E-state index is 0.0563. The number of rotatable bonds is 6. The Hall–Kier alpha value is -2.41. The van der Waals surface area contributed by atoms with E-state index >= 15 is 0 Å². The third kappa shape index (κ3) is 5.26. The van der Waals surface area contributed by atoms with Crippen LogP contribution in [0.2, 0.25) is 0 Å². The van der Waals surface area contributed by atoms with Gasteiger partial charge >= 0.3 is 0 Å². The number of hydrogen-bond acceptors (Lipinski definition) is 5. The van der Waals surface area contributed by atoms with Crippen LogP contribution in [0.15, 0.2) is 35.5 Å². The highest BCUT2D eigenvalue weighted by atomic mass is 32.2. The van der Waals surface area contributed by atoms with Gasteiger partial charge in [-0.1, -0.05) is 55.9 Å². The Kier molecular flexibility index (Phi) is 6.60. The van der Waals surface area contributed by atoms with Gasteiger partial charge in [-0.15, -0.1) is 5.10 Å². The average molecular weight is 438 g/mol. The van der Waals surface area contributed by atoms with Crippen molar-refractivity contribution in [1.29, 1.82) is 0 Å². The number of carbonyl (C=O) groups excluding carboxylic acids is 1. The quantitative estimate of drug-likeness (QED) is 0.580. The second-order valence-electron chi connectivity index (χ2n) is 9.00. The summed E-state index contributed by atoms with van der Waals surface area (Å²) in [6, 6.07) is 10.7. The number of fused-ring (bicyclic) bond motifs is 1. The number of amides is 1. The second kappa shape index (κ2) is 9.39. The van der Waals surface area contributed by atoms with Crippen LogP contribution >= 0.6 is 11.8 Å². The number of benzene rings is 1. The Bertz CT molecular complexity index is 1050. The fourth-order valence-electron chi connectivity index (χ4n) is 4.77. The summed E-state index contributed by atoms with van der Waals surface area (Å²) in [6.45, 7) is 8.62. The standard InChI is InChI=1S/C24H31N5OS/c1-15-10-16(2)12-20(11-15)26-22(30)14-31-24-27-23-25-17(3)21(18(4)29(23)28-24)13-19-8-6-5-7-9-19/h5-9,15-16,20H,10-14H2,1-4H3,(H,26,30)/t15-,16+,20?. The molecule has 164 valence electrons. The Morgan fingerprint density at radius 2 is 1.81 bits per heavy atom. The van der Waals surface area contributed by atoms with E-state index in [1.54, 1.807) is 4.52 Å². The minimum absolute atomic E-state index is 0.0563. The van der Waals surface area contributed by atoms with Crippen LogP contribution in [-0.2, 0) is 11.2 Å². The largest absolute Gasteiger partial charge is 0.353 e. The lowest BCUT2D eigenvalue weighted by molar-refractivity contribution is -0.119. The van der Waals surface area contributed by atoms with E-state index in [-0.39, 0.29) is 11.9 Å². The summed E-state index contributed by atoms with van der Waals surface area (Å²) in [5.74, 6) is 2.31. The molecule has 1 saturated carbocycles. The molecule has 1 unspecified atom stereocenters. The lowest BCUT2D eigenvalue weighted by Crippen LogP contribution is -2.40. The van der Waals surface area contributed by atoms with E-state index < -0.39 is 0 Å². The Balaban J connectivity index is 1.43. The molecule has 0 saturated heterocycles. The van der Waals surface area contributed by atoms with Gasteiger partial charge in [-0.05, 0) is 56.1 Å².